The van der Waals surface area contributed by atoms with Crippen molar-refractivity contribution in [2.24, 2.45) is 0 Å². The van der Waals surface area contributed by atoms with Crippen LogP contribution in [0.25, 0.3) is 0 Å². The van der Waals surface area contributed by atoms with E-state index in [-0.39, 0.29) is 5.75 Å². The van der Waals surface area contributed by atoms with Crippen LogP contribution in [-0.2, 0) is 4.79 Å². The maximum absolute atomic E-state index is 8.57. The van der Waals surface area contributed by atoms with E-state index in [1.807, 2.05) is 12.1 Å². The monoisotopic (exact) mass is 221 g/mol. The second kappa shape index (κ2) is 6.71. The summed E-state index contributed by atoms with van der Waals surface area (Å²) in [7, 11) is 0. The lowest BCUT2D eigenvalue weighted by Crippen LogP contribution is -1.63. The molecule has 0 radical (unpaired) electrons. The Morgan fingerprint density at radius 1 is 1.50 bits per heavy atom. The minimum absolute atomic E-state index is 0.222. The van der Waals surface area contributed by atoms with Gasteiger partial charge >= 0.3 is 0 Å². The number of halogens is 2. The van der Waals surface area contributed by atoms with Crippen molar-refractivity contribution in [1.29, 1.82) is 0 Å². The van der Waals surface area contributed by atoms with E-state index in [9.17, 15) is 0 Å². The third kappa shape index (κ3) is 5.72. The van der Waals surface area contributed by atoms with E-state index in [4.69, 9.17) is 4.79 Å². The minimum atomic E-state index is 0.222. The molecule has 0 bridgehead atoms. The van der Waals surface area contributed by atoms with Crippen LogP contribution < -0.4 is 0 Å². The van der Waals surface area contributed by atoms with E-state index in [1.165, 1.54) is 0 Å². The highest BCUT2D eigenvalue weighted by atomic mass is 79.9. The zero-order chi connectivity index (χ0) is 7.82. The van der Waals surface area contributed by atoms with Gasteiger partial charge in [-0.1, -0.05) is 15.9 Å². The van der Waals surface area contributed by atoms with Crippen molar-refractivity contribution in [2.75, 3.05) is 0 Å². The fourth-order valence-corrected chi connectivity index (χ4v) is 0.570. The Kier molecular flexibility index (Phi) is 6.43. The van der Waals surface area contributed by atoms with E-state index in [0.717, 1.165) is 4.47 Å². The lowest BCUT2D eigenvalue weighted by atomic mass is 10.5. The SMILES string of the molecule is Brc1ccncc1.O=CCl. The highest BCUT2D eigenvalue weighted by Crippen LogP contribution is 2.03. The Morgan fingerprint density at radius 3 is 2.10 bits per heavy atom. The fraction of sp³-hybridized carbons (Fsp3) is 0. The summed E-state index contributed by atoms with van der Waals surface area (Å²) in [5, 5.41) is 0. The van der Waals surface area contributed by atoms with Crippen molar-refractivity contribution >= 4 is 33.3 Å². The van der Waals surface area contributed by atoms with Crippen molar-refractivity contribution in [2.45, 2.75) is 0 Å². The van der Waals surface area contributed by atoms with Crippen molar-refractivity contribution in [3.8, 4) is 0 Å². The maximum Gasteiger partial charge on any atom is 0.208 e. The molecule has 54 valence electrons. The number of pyridine rings is 1. The van der Waals surface area contributed by atoms with Crippen LogP contribution in [0.4, 0.5) is 0 Å². The van der Waals surface area contributed by atoms with Gasteiger partial charge in [-0.05, 0) is 23.7 Å². The van der Waals surface area contributed by atoms with Gasteiger partial charge in [-0.25, -0.2) is 0 Å². The summed E-state index contributed by atoms with van der Waals surface area (Å²) in [5.74, 6) is 0.222. The Balaban J connectivity index is 0.000000236. The third-order valence-electron chi connectivity index (χ3n) is 0.640. The number of hydrogen-bond acceptors (Lipinski definition) is 2. The minimum Gasteiger partial charge on any atom is -0.285 e. The zero-order valence-electron chi connectivity index (χ0n) is 5.00. The molecule has 0 atom stereocenters. The van der Waals surface area contributed by atoms with Gasteiger partial charge in [0.05, 0.1) is 0 Å². The van der Waals surface area contributed by atoms with E-state index in [2.05, 4.69) is 32.5 Å². The van der Waals surface area contributed by atoms with Gasteiger partial charge < -0.3 is 0 Å². The molecule has 4 heteroatoms. The smallest absolute Gasteiger partial charge is 0.208 e. The summed E-state index contributed by atoms with van der Waals surface area (Å²) in [4.78, 5) is 12.4. The Labute approximate surface area is 72.4 Å². The van der Waals surface area contributed by atoms with Crippen LogP contribution in [0.2, 0.25) is 0 Å². The number of carbonyl (C=O) groups is 1. The van der Waals surface area contributed by atoms with Gasteiger partial charge in [-0.15, -0.1) is 0 Å². The molecule has 0 N–H and O–H groups in total. The molecule has 2 nitrogen and oxygen atoms in total. The second-order valence-electron chi connectivity index (χ2n) is 1.25. The molecule has 1 aromatic heterocycles. The van der Waals surface area contributed by atoms with Gasteiger partial charge in [-0.2, -0.15) is 0 Å². The molecule has 0 amide bonds. The van der Waals surface area contributed by atoms with Gasteiger partial charge in [-0.3, -0.25) is 9.78 Å². The molecule has 0 fully saturated rings. The lowest BCUT2D eigenvalue weighted by molar-refractivity contribution is 0.569. The molecule has 1 heterocycles. The van der Waals surface area contributed by atoms with Crippen molar-refractivity contribution in [3.05, 3.63) is 29.0 Å². The van der Waals surface area contributed by atoms with Gasteiger partial charge in [0.15, 0.2) is 0 Å². The molecule has 0 aliphatic rings. The standard InChI is InChI=1S/C5H4BrN.CHClO/c6-5-1-3-7-4-2-5;2-1-3/h1-4H;1H. The Bertz CT molecular complexity index is 180. The molecule has 0 saturated heterocycles. The summed E-state index contributed by atoms with van der Waals surface area (Å²) in [6.07, 6.45) is 3.48. The number of rotatable bonds is 0. The number of hydrogen-bond donors (Lipinski definition) is 0. The first-order valence-corrected chi connectivity index (χ1v) is 3.63. The van der Waals surface area contributed by atoms with Crippen LogP contribution in [0.1, 0.15) is 0 Å². The van der Waals surface area contributed by atoms with Crippen LogP contribution in [-0.4, -0.2) is 10.7 Å². The summed E-state index contributed by atoms with van der Waals surface area (Å²) in [6.45, 7) is 0. The summed E-state index contributed by atoms with van der Waals surface area (Å²) < 4.78 is 1.07. The molecule has 0 unspecified atom stereocenters. The van der Waals surface area contributed by atoms with Crippen LogP contribution in [0.15, 0.2) is 29.0 Å². The molecular weight excluding hydrogens is 217 g/mol. The molecule has 10 heavy (non-hydrogen) atoms. The zero-order valence-corrected chi connectivity index (χ0v) is 7.34. The summed E-state index contributed by atoms with van der Waals surface area (Å²) >= 11 is 7.59. The molecule has 0 aliphatic heterocycles. The van der Waals surface area contributed by atoms with Crippen LogP contribution in [0.5, 0.6) is 0 Å². The normalized spacial score (nSPS) is 7.40. The van der Waals surface area contributed by atoms with Crippen molar-refractivity contribution in [3.63, 3.8) is 0 Å². The molecule has 0 aromatic carbocycles. The predicted octanol–water partition coefficient (Wildman–Crippen LogP) is 2.26. The van der Waals surface area contributed by atoms with Crippen LogP contribution >= 0.6 is 27.5 Å². The highest BCUT2D eigenvalue weighted by molar-refractivity contribution is 9.10. The predicted molar refractivity (Wildman–Crippen MR) is 44.5 cm³/mol. The lowest BCUT2D eigenvalue weighted by Gasteiger charge is -1.80. The quantitative estimate of drug-likeness (QED) is 0.498. The molecule has 1 rings (SSSR count). The Hall–Kier alpha value is -0.410. The first-order valence-electron chi connectivity index (χ1n) is 2.40. The van der Waals surface area contributed by atoms with Gasteiger partial charge in [0.2, 0.25) is 5.75 Å². The average molecular weight is 222 g/mol. The van der Waals surface area contributed by atoms with Crippen LogP contribution in [0, 0.1) is 0 Å². The van der Waals surface area contributed by atoms with Crippen molar-refractivity contribution in [1.82, 2.24) is 4.98 Å². The van der Waals surface area contributed by atoms with Gasteiger partial charge in [0, 0.05) is 16.9 Å². The Morgan fingerprint density at radius 2 is 1.90 bits per heavy atom. The van der Waals surface area contributed by atoms with Crippen molar-refractivity contribution < 1.29 is 4.79 Å². The van der Waals surface area contributed by atoms with E-state index < -0.39 is 0 Å². The first kappa shape index (κ1) is 9.59. The van der Waals surface area contributed by atoms with E-state index in [1.54, 1.807) is 12.4 Å². The van der Waals surface area contributed by atoms with Crippen LogP contribution in [0.3, 0.4) is 0 Å². The molecular formula is C6H5BrClNO. The second-order valence-corrected chi connectivity index (χ2v) is 2.35. The topological polar surface area (TPSA) is 30.0 Å². The third-order valence-corrected chi connectivity index (χ3v) is 1.17. The maximum atomic E-state index is 8.57. The fourth-order valence-electron chi connectivity index (χ4n) is 0.334. The number of nitrogens with zero attached hydrogens (tertiary/aromatic N) is 1. The number of aromatic nitrogens is 1. The molecule has 0 spiro atoms. The van der Waals surface area contributed by atoms with E-state index >= 15 is 0 Å². The largest absolute Gasteiger partial charge is 0.285 e. The molecule has 0 aliphatic carbocycles. The molecule has 0 saturated carbocycles. The summed E-state index contributed by atoms with van der Waals surface area (Å²) in [6, 6.07) is 3.78. The molecule has 1 aromatic rings. The van der Waals surface area contributed by atoms with E-state index in [0.29, 0.717) is 0 Å². The first-order chi connectivity index (χ1) is 4.81. The number of carbonyl (C=O) groups excluding carboxylic acids is 1. The van der Waals surface area contributed by atoms with Gasteiger partial charge in [0.1, 0.15) is 0 Å². The van der Waals surface area contributed by atoms with Gasteiger partial charge in [0.25, 0.3) is 0 Å². The summed E-state index contributed by atoms with van der Waals surface area (Å²) in [5.41, 5.74) is 0. The average Bonchev–Trinajstić information content (AvgIpc) is 1.91. The highest BCUT2D eigenvalue weighted by Gasteiger charge is 1.75.